The Morgan fingerprint density at radius 2 is 2.07 bits per heavy atom. The maximum atomic E-state index is 12.2. The average Bonchev–Trinajstić information content (AvgIpc) is 3.15. The number of nitrogens with zero attached hydrogens (tertiary/aromatic N) is 1. The van der Waals surface area contributed by atoms with Crippen molar-refractivity contribution >= 4 is 28.7 Å². The Bertz CT molecular complexity index is 871. The Morgan fingerprint density at radius 1 is 1.22 bits per heavy atom. The van der Waals surface area contributed by atoms with Crippen molar-refractivity contribution in [3.63, 3.8) is 0 Å². The standard InChI is InChI=1S/C20H21N3O3S/c24-19(23-26-18-7-3-4-12-25-18)15-10-8-14(9-11-15)13-27-20-21-16-5-1-2-6-17(16)22-20/h1-2,5-6,8-11,18H,3-4,7,12-13H2,(H,21,22)(H,23,24). The van der Waals surface area contributed by atoms with E-state index in [1.165, 1.54) is 0 Å². The Morgan fingerprint density at radius 3 is 2.85 bits per heavy atom. The molecular weight excluding hydrogens is 362 g/mol. The van der Waals surface area contributed by atoms with Crippen LogP contribution in [0.15, 0.2) is 53.7 Å². The number of hydroxylamine groups is 1. The summed E-state index contributed by atoms with van der Waals surface area (Å²) in [6.45, 7) is 0.679. The highest BCUT2D eigenvalue weighted by atomic mass is 32.2. The lowest BCUT2D eigenvalue weighted by Gasteiger charge is -2.22. The fourth-order valence-corrected chi connectivity index (χ4v) is 3.72. The highest BCUT2D eigenvalue weighted by Gasteiger charge is 2.16. The SMILES string of the molecule is O=C(NOC1CCCCO1)c1ccc(CSc2nc3ccccc3[nH]2)cc1. The molecule has 0 aliphatic carbocycles. The van der Waals surface area contributed by atoms with Gasteiger partial charge in [-0.3, -0.25) is 4.79 Å². The van der Waals surface area contributed by atoms with E-state index in [0.29, 0.717) is 12.2 Å². The van der Waals surface area contributed by atoms with Crippen molar-refractivity contribution in [2.45, 2.75) is 36.5 Å². The van der Waals surface area contributed by atoms with E-state index in [2.05, 4.69) is 15.4 Å². The number of ether oxygens (including phenoxy) is 1. The van der Waals surface area contributed by atoms with Crippen molar-refractivity contribution in [3.05, 3.63) is 59.7 Å². The number of hydrogen-bond donors (Lipinski definition) is 2. The minimum absolute atomic E-state index is 0.263. The molecule has 2 heterocycles. The van der Waals surface area contributed by atoms with Crippen LogP contribution in [0.25, 0.3) is 11.0 Å². The molecule has 4 rings (SSSR count). The molecule has 1 atom stereocenters. The number of imidazole rings is 1. The first-order valence-electron chi connectivity index (χ1n) is 9.02. The van der Waals surface area contributed by atoms with Gasteiger partial charge in [-0.25, -0.2) is 15.3 Å². The number of aromatic nitrogens is 2. The predicted octanol–water partition coefficient (Wildman–Crippen LogP) is 4.04. The summed E-state index contributed by atoms with van der Waals surface area (Å²) in [5.74, 6) is 0.509. The number of aromatic amines is 1. The third-order valence-electron chi connectivity index (χ3n) is 4.38. The van der Waals surface area contributed by atoms with Crippen LogP contribution in [0, 0.1) is 0 Å². The van der Waals surface area contributed by atoms with Gasteiger partial charge in [0.15, 0.2) is 11.4 Å². The van der Waals surface area contributed by atoms with Gasteiger partial charge in [-0.15, -0.1) is 0 Å². The molecule has 1 aliphatic heterocycles. The molecule has 0 radical (unpaired) electrons. The first-order valence-corrected chi connectivity index (χ1v) is 10.0. The van der Waals surface area contributed by atoms with E-state index in [-0.39, 0.29) is 12.2 Å². The number of thioether (sulfide) groups is 1. The van der Waals surface area contributed by atoms with Gasteiger partial charge in [0.25, 0.3) is 5.91 Å². The van der Waals surface area contributed by atoms with Crippen LogP contribution in [0.3, 0.4) is 0 Å². The van der Waals surface area contributed by atoms with Gasteiger partial charge in [0.05, 0.1) is 11.0 Å². The van der Waals surface area contributed by atoms with Gasteiger partial charge in [0.1, 0.15) is 0 Å². The molecule has 1 saturated heterocycles. The molecule has 2 N–H and O–H groups in total. The largest absolute Gasteiger partial charge is 0.350 e. The number of hydrogen-bond acceptors (Lipinski definition) is 5. The zero-order chi connectivity index (χ0) is 18.5. The summed E-state index contributed by atoms with van der Waals surface area (Å²) in [5.41, 5.74) is 6.16. The van der Waals surface area contributed by atoms with Crippen molar-refractivity contribution < 1.29 is 14.4 Å². The van der Waals surface area contributed by atoms with Gasteiger partial charge in [-0.05, 0) is 42.7 Å². The van der Waals surface area contributed by atoms with Crippen molar-refractivity contribution in [2.24, 2.45) is 0 Å². The number of para-hydroxylation sites is 2. The van der Waals surface area contributed by atoms with Gasteiger partial charge in [0, 0.05) is 24.3 Å². The summed E-state index contributed by atoms with van der Waals surface area (Å²) in [6.07, 6.45) is 2.56. The minimum atomic E-state index is -0.345. The van der Waals surface area contributed by atoms with E-state index < -0.39 is 0 Å². The lowest BCUT2D eigenvalue weighted by Crippen LogP contribution is -2.33. The van der Waals surface area contributed by atoms with Crippen LogP contribution < -0.4 is 5.48 Å². The first kappa shape index (κ1) is 18.0. The third-order valence-corrected chi connectivity index (χ3v) is 5.32. The van der Waals surface area contributed by atoms with E-state index >= 15 is 0 Å². The Balaban J connectivity index is 1.29. The highest BCUT2D eigenvalue weighted by Crippen LogP contribution is 2.23. The highest BCUT2D eigenvalue weighted by molar-refractivity contribution is 7.98. The van der Waals surface area contributed by atoms with Crippen LogP contribution >= 0.6 is 11.8 Å². The number of H-pyrrole nitrogens is 1. The van der Waals surface area contributed by atoms with Crippen molar-refractivity contribution in [1.82, 2.24) is 15.4 Å². The Labute approximate surface area is 161 Å². The molecule has 3 aromatic rings. The number of benzene rings is 2. The number of nitrogens with one attached hydrogen (secondary N) is 2. The minimum Gasteiger partial charge on any atom is -0.350 e. The molecule has 1 fully saturated rings. The molecular formula is C20H21N3O3S. The first-order chi connectivity index (χ1) is 13.3. The summed E-state index contributed by atoms with van der Waals surface area (Å²) in [4.78, 5) is 25.4. The fourth-order valence-electron chi connectivity index (χ4n) is 2.88. The molecule has 0 spiro atoms. The molecule has 1 aliphatic rings. The maximum Gasteiger partial charge on any atom is 0.274 e. The summed E-state index contributed by atoms with van der Waals surface area (Å²) in [6, 6.07) is 15.5. The summed E-state index contributed by atoms with van der Waals surface area (Å²) in [7, 11) is 0. The predicted molar refractivity (Wildman–Crippen MR) is 104 cm³/mol. The van der Waals surface area contributed by atoms with Gasteiger partial charge < -0.3 is 9.72 Å². The third kappa shape index (κ3) is 4.68. The number of carbonyl (C=O) groups excluding carboxylic acids is 1. The van der Waals surface area contributed by atoms with Gasteiger partial charge >= 0.3 is 0 Å². The Kier molecular flexibility index (Phi) is 5.72. The average molecular weight is 383 g/mol. The molecule has 0 bridgehead atoms. The molecule has 6 nitrogen and oxygen atoms in total. The van der Waals surface area contributed by atoms with Crippen LogP contribution in [-0.2, 0) is 15.3 Å². The normalized spacial score (nSPS) is 17.1. The maximum absolute atomic E-state index is 12.2. The van der Waals surface area contributed by atoms with Crippen LogP contribution in [0.5, 0.6) is 0 Å². The molecule has 7 heteroatoms. The van der Waals surface area contributed by atoms with Gasteiger partial charge in [0.2, 0.25) is 0 Å². The zero-order valence-electron chi connectivity index (χ0n) is 14.8. The van der Waals surface area contributed by atoms with Gasteiger partial charge in [-0.1, -0.05) is 36.0 Å². The smallest absolute Gasteiger partial charge is 0.274 e. The molecule has 0 saturated carbocycles. The van der Waals surface area contributed by atoms with E-state index in [9.17, 15) is 4.79 Å². The van der Waals surface area contributed by atoms with Crippen molar-refractivity contribution in [3.8, 4) is 0 Å². The molecule has 1 aromatic heterocycles. The van der Waals surface area contributed by atoms with Crippen LogP contribution in [-0.4, -0.2) is 28.8 Å². The molecule has 1 unspecified atom stereocenters. The van der Waals surface area contributed by atoms with E-state index in [1.54, 1.807) is 23.9 Å². The lowest BCUT2D eigenvalue weighted by molar-refractivity contribution is -0.186. The molecule has 27 heavy (non-hydrogen) atoms. The number of carbonyl (C=O) groups is 1. The molecule has 1 amide bonds. The number of amides is 1. The zero-order valence-corrected chi connectivity index (χ0v) is 15.6. The lowest BCUT2D eigenvalue weighted by atomic mass is 10.1. The monoisotopic (exact) mass is 383 g/mol. The molecule has 2 aromatic carbocycles. The quantitative estimate of drug-likeness (QED) is 0.496. The van der Waals surface area contributed by atoms with E-state index in [1.807, 2.05) is 36.4 Å². The topological polar surface area (TPSA) is 76.2 Å². The number of fused-ring (bicyclic) bond motifs is 1. The van der Waals surface area contributed by atoms with Gasteiger partial charge in [-0.2, -0.15) is 0 Å². The summed E-state index contributed by atoms with van der Waals surface area (Å²) >= 11 is 1.63. The summed E-state index contributed by atoms with van der Waals surface area (Å²) in [5, 5.41) is 0.888. The molecule has 140 valence electrons. The fraction of sp³-hybridized carbons (Fsp3) is 0.300. The van der Waals surface area contributed by atoms with Crippen LogP contribution in [0.1, 0.15) is 35.2 Å². The van der Waals surface area contributed by atoms with E-state index in [4.69, 9.17) is 9.57 Å². The van der Waals surface area contributed by atoms with E-state index in [0.717, 1.165) is 46.8 Å². The van der Waals surface area contributed by atoms with Crippen molar-refractivity contribution in [1.29, 1.82) is 0 Å². The summed E-state index contributed by atoms with van der Waals surface area (Å²) < 4.78 is 5.43. The second kappa shape index (κ2) is 8.56. The Hall–Kier alpha value is -2.35. The second-order valence-electron chi connectivity index (χ2n) is 6.39. The number of rotatable bonds is 6. The van der Waals surface area contributed by atoms with Crippen LogP contribution in [0.2, 0.25) is 0 Å². The second-order valence-corrected chi connectivity index (χ2v) is 7.35. The van der Waals surface area contributed by atoms with Crippen LogP contribution in [0.4, 0.5) is 0 Å². The van der Waals surface area contributed by atoms with Crippen molar-refractivity contribution in [2.75, 3.05) is 6.61 Å².